The first-order valence-corrected chi connectivity index (χ1v) is 9.26. The summed E-state index contributed by atoms with van der Waals surface area (Å²) in [7, 11) is 1.55. The molecule has 2 rings (SSSR count). The molecular formula is C17H20Cl2N2O2S. The summed E-state index contributed by atoms with van der Waals surface area (Å²) < 4.78 is 5.61. The monoisotopic (exact) mass is 386 g/mol. The van der Waals surface area contributed by atoms with Crippen molar-refractivity contribution in [3.8, 4) is 0 Å². The van der Waals surface area contributed by atoms with E-state index in [1.54, 1.807) is 32.2 Å². The van der Waals surface area contributed by atoms with Gasteiger partial charge in [0.25, 0.3) is 5.56 Å². The number of aromatic amines is 1. The second kappa shape index (κ2) is 8.39. The Labute approximate surface area is 155 Å². The summed E-state index contributed by atoms with van der Waals surface area (Å²) in [6.45, 7) is 5.89. The van der Waals surface area contributed by atoms with Crippen molar-refractivity contribution in [1.29, 1.82) is 0 Å². The second-order valence-corrected chi connectivity index (χ2v) is 7.71. The van der Waals surface area contributed by atoms with E-state index in [9.17, 15) is 4.79 Å². The fourth-order valence-corrected chi connectivity index (χ4v) is 3.69. The van der Waals surface area contributed by atoms with Crippen LogP contribution < -0.4 is 5.56 Å². The largest absolute Gasteiger partial charge is 0.370 e. The average molecular weight is 387 g/mol. The van der Waals surface area contributed by atoms with Gasteiger partial charge >= 0.3 is 0 Å². The van der Waals surface area contributed by atoms with Gasteiger partial charge in [-0.2, -0.15) is 0 Å². The van der Waals surface area contributed by atoms with Gasteiger partial charge in [0.05, 0.1) is 5.69 Å². The molecule has 1 heterocycles. The molecule has 0 aliphatic carbocycles. The summed E-state index contributed by atoms with van der Waals surface area (Å²) >= 11 is 14.1. The molecule has 0 aliphatic rings. The third-order valence-corrected chi connectivity index (χ3v) is 5.61. The highest BCUT2D eigenvalue weighted by Gasteiger charge is 2.25. The van der Waals surface area contributed by atoms with Crippen molar-refractivity contribution in [1.82, 2.24) is 9.97 Å². The molecule has 0 saturated heterocycles. The van der Waals surface area contributed by atoms with Crippen LogP contribution in [-0.4, -0.2) is 22.3 Å². The number of hydrogen-bond acceptors (Lipinski definition) is 4. The minimum Gasteiger partial charge on any atom is -0.370 e. The summed E-state index contributed by atoms with van der Waals surface area (Å²) in [6.07, 6.45) is 0.367. The molecule has 0 fully saturated rings. The Hall–Kier alpha value is -1.01. The topological polar surface area (TPSA) is 55.0 Å². The molecule has 0 bridgehead atoms. The van der Waals surface area contributed by atoms with E-state index in [-0.39, 0.29) is 5.56 Å². The SMILES string of the molecule is CCC(C)Sc1nc(C(OC)c2c(Cl)cccc2Cl)c(C)c(=O)[nH]1. The smallest absolute Gasteiger partial charge is 0.254 e. The molecule has 24 heavy (non-hydrogen) atoms. The normalized spacial score (nSPS) is 13.8. The fourth-order valence-electron chi connectivity index (χ4n) is 2.24. The highest BCUT2D eigenvalue weighted by atomic mass is 35.5. The van der Waals surface area contributed by atoms with Gasteiger partial charge in [0.15, 0.2) is 5.16 Å². The molecule has 2 atom stereocenters. The van der Waals surface area contributed by atoms with Crippen LogP contribution in [0.4, 0.5) is 0 Å². The van der Waals surface area contributed by atoms with Gasteiger partial charge in [-0.25, -0.2) is 4.98 Å². The van der Waals surface area contributed by atoms with Gasteiger partial charge in [-0.15, -0.1) is 0 Å². The molecule has 2 unspecified atom stereocenters. The molecule has 1 N–H and O–H groups in total. The summed E-state index contributed by atoms with van der Waals surface area (Å²) in [5.74, 6) is 0. The van der Waals surface area contributed by atoms with Crippen LogP contribution in [0.2, 0.25) is 10.0 Å². The highest BCUT2D eigenvalue weighted by Crippen LogP contribution is 2.36. The van der Waals surface area contributed by atoms with Gasteiger partial charge in [-0.1, -0.05) is 54.9 Å². The number of aromatic nitrogens is 2. The Kier molecular flexibility index (Phi) is 6.75. The number of benzene rings is 1. The number of hydrogen-bond donors (Lipinski definition) is 1. The summed E-state index contributed by atoms with van der Waals surface area (Å²) in [5, 5.41) is 1.87. The standard InChI is InChI=1S/C17H20Cl2N2O2S/c1-5-9(2)24-17-20-14(10(3)16(22)21-17)15(23-4)13-11(18)7-6-8-12(13)19/h6-9,15H,5H2,1-4H3,(H,20,21,22). The number of rotatable bonds is 6. The maximum atomic E-state index is 12.3. The molecule has 4 nitrogen and oxygen atoms in total. The van der Waals surface area contributed by atoms with Gasteiger partial charge in [0.2, 0.25) is 0 Å². The molecule has 1 aromatic heterocycles. The number of thioether (sulfide) groups is 1. The van der Waals surface area contributed by atoms with E-state index in [0.29, 0.717) is 37.3 Å². The summed E-state index contributed by atoms with van der Waals surface area (Å²) in [5.41, 5.74) is 1.45. The van der Waals surface area contributed by atoms with Crippen LogP contribution in [0.1, 0.15) is 43.2 Å². The van der Waals surface area contributed by atoms with Crippen LogP contribution in [0.3, 0.4) is 0 Å². The van der Waals surface area contributed by atoms with Crippen LogP contribution in [0.25, 0.3) is 0 Å². The first-order chi connectivity index (χ1) is 11.4. The quantitative estimate of drug-likeness (QED) is 0.559. The lowest BCUT2D eigenvalue weighted by Crippen LogP contribution is -2.20. The number of H-pyrrole nitrogens is 1. The van der Waals surface area contributed by atoms with Gasteiger partial charge in [-0.05, 0) is 25.5 Å². The van der Waals surface area contributed by atoms with Crippen LogP contribution in [0.15, 0.2) is 28.2 Å². The van der Waals surface area contributed by atoms with Crippen LogP contribution in [-0.2, 0) is 4.74 Å². The van der Waals surface area contributed by atoms with E-state index in [4.69, 9.17) is 27.9 Å². The van der Waals surface area contributed by atoms with E-state index < -0.39 is 6.10 Å². The average Bonchev–Trinajstić information content (AvgIpc) is 2.54. The minimum atomic E-state index is -0.607. The first kappa shape index (κ1) is 19.3. The van der Waals surface area contributed by atoms with Crippen molar-refractivity contribution < 1.29 is 4.74 Å². The Morgan fingerprint density at radius 1 is 1.33 bits per heavy atom. The van der Waals surface area contributed by atoms with E-state index in [1.807, 2.05) is 0 Å². The van der Waals surface area contributed by atoms with E-state index in [1.165, 1.54) is 11.8 Å². The number of nitrogens with one attached hydrogen (secondary N) is 1. The molecule has 1 aromatic carbocycles. The molecule has 0 aliphatic heterocycles. The molecule has 2 aromatic rings. The number of methoxy groups -OCH3 is 1. The van der Waals surface area contributed by atoms with Crippen molar-refractivity contribution >= 4 is 35.0 Å². The van der Waals surface area contributed by atoms with E-state index in [2.05, 4.69) is 23.8 Å². The zero-order valence-corrected chi connectivity index (χ0v) is 16.4. The zero-order chi connectivity index (χ0) is 17.9. The van der Waals surface area contributed by atoms with Gasteiger partial charge < -0.3 is 9.72 Å². The van der Waals surface area contributed by atoms with E-state index in [0.717, 1.165) is 6.42 Å². The maximum Gasteiger partial charge on any atom is 0.254 e. The zero-order valence-electron chi connectivity index (χ0n) is 14.0. The Morgan fingerprint density at radius 3 is 2.50 bits per heavy atom. The molecule has 0 saturated carbocycles. The summed E-state index contributed by atoms with van der Waals surface area (Å²) in [6, 6.07) is 5.25. The van der Waals surface area contributed by atoms with Crippen molar-refractivity contribution in [2.45, 2.75) is 43.7 Å². The van der Waals surface area contributed by atoms with Crippen molar-refractivity contribution in [2.75, 3.05) is 7.11 Å². The third kappa shape index (κ3) is 4.14. The van der Waals surface area contributed by atoms with Crippen molar-refractivity contribution in [3.05, 3.63) is 55.4 Å². The predicted molar refractivity (Wildman–Crippen MR) is 101 cm³/mol. The van der Waals surface area contributed by atoms with Crippen LogP contribution in [0.5, 0.6) is 0 Å². The number of ether oxygens (including phenoxy) is 1. The lowest BCUT2D eigenvalue weighted by Gasteiger charge is -2.20. The second-order valence-electron chi connectivity index (χ2n) is 5.47. The van der Waals surface area contributed by atoms with Crippen molar-refractivity contribution in [2.24, 2.45) is 0 Å². The van der Waals surface area contributed by atoms with Crippen LogP contribution >= 0.6 is 35.0 Å². The Morgan fingerprint density at radius 2 is 1.96 bits per heavy atom. The number of nitrogens with zero attached hydrogens (tertiary/aromatic N) is 1. The fraction of sp³-hybridized carbons (Fsp3) is 0.412. The molecular weight excluding hydrogens is 367 g/mol. The maximum absolute atomic E-state index is 12.3. The number of halogens is 2. The van der Waals surface area contributed by atoms with Crippen LogP contribution in [0, 0.1) is 6.92 Å². The summed E-state index contributed by atoms with van der Waals surface area (Å²) in [4.78, 5) is 19.8. The molecule has 0 radical (unpaired) electrons. The molecule has 0 spiro atoms. The molecule has 7 heteroatoms. The van der Waals surface area contributed by atoms with Gasteiger partial charge in [-0.3, -0.25) is 4.79 Å². The lowest BCUT2D eigenvalue weighted by molar-refractivity contribution is 0.131. The Balaban J connectivity index is 2.58. The minimum absolute atomic E-state index is 0.184. The van der Waals surface area contributed by atoms with Crippen molar-refractivity contribution in [3.63, 3.8) is 0 Å². The third-order valence-electron chi connectivity index (χ3n) is 3.80. The lowest BCUT2D eigenvalue weighted by atomic mass is 10.0. The highest BCUT2D eigenvalue weighted by molar-refractivity contribution is 7.99. The molecule has 0 amide bonds. The first-order valence-electron chi connectivity index (χ1n) is 7.63. The molecule has 130 valence electrons. The predicted octanol–water partition coefficient (Wildman–Crippen LogP) is 5.01. The van der Waals surface area contributed by atoms with Gasteiger partial charge in [0, 0.05) is 33.5 Å². The van der Waals surface area contributed by atoms with E-state index >= 15 is 0 Å². The Bertz CT molecular complexity index is 759. The van der Waals surface area contributed by atoms with Gasteiger partial charge in [0.1, 0.15) is 6.10 Å².